The molecule has 0 spiro atoms. The molecule has 0 radical (unpaired) electrons. The Balaban J connectivity index is 2.41. The maximum atomic E-state index is 4.45. The van der Waals surface area contributed by atoms with Crippen molar-refractivity contribution in [2.75, 3.05) is 6.54 Å². The van der Waals surface area contributed by atoms with Crippen LogP contribution in [-0.4, -0.2) is 16.3 Å². The summed E-state index contributed by atoms with van der Waals surface area (Å²) >= 11 is 0. The van der Waals surface area contributed by atoms with Crippen LogP contribution in [0.4, 0.5) is 0 Å². The lowest BCUT2D eigenvalue weighted by Crippen LogP contribution is -2.24. The topological polar surface area (TPSA) is 29.9 Å². The number of rotatable bonds is 12. The Labute approximate surface area is 125 Å². The first-order valence-corrected chi connectivity index (χ1v) is 8.58. The fourth-order valence-electron chi connectivity index (χ4n) is 2.77. The van der Waals surface area contributed by atoms with E-state index in [0.717, 1.165) is 19.5 Å². The van der Waals surface area contributed by atoms with Crippen molar-refractivity contribution in [1.29, 1.82) is 0 Å². The summed E-state index contributed by atoms with van der Waals surface area (Å²) in [6.45, 7) is 8.73. The summed E-state index contributed by atoms with van der Waals surface area (Å²) in [6, 6.07) is 2.65. The first-order chi connectivity index (χ1) is 9.83. The molecule has 1 N–H and O–H groups in total. The van der Waals surface area contributed by atoms with Crippen molar-refractivity contribution < 1.29 is 0 Å². The lowest BCUT2D eigenvalue weighted by Gasteiger charge is -2.19. The molecule has 1 heterocycles. The Bertz CT molecular complexity index is 333. The molecular weight excluding hydrogens is 246 g/mol. The quantitative estimate of drug-likeness (QED) is 0.562. The number of hydrogen-bond acceptors (Lipinski definition) is 2. The van der Waals surface area contributed by atoms with Crippen molar-refractivity contribution in [3.8, 4) is 0 Å². The molecule has 0 aliphatic heterocycles. The van der Waals surface area contributed by atoms with E-state index in [1.165, 1.54) is 50.6 Å². The third-order valence-corrected chi connectivity index (χ3v) is 3.84. The molecule has 1 rings (SSSR count). The number of hydrogen-bond donors (Lipinski definition) is 1. The van der Waals surface area contributed by atoms with E-state index in [0.29, 0.717) is 6.04 Å². The number of nitrogens with one attached hydrogen (secondary N) is 1. The summed E-state index contributed by atoms with van der Waals surface area (Å²) in [4.78, 5) is 0. The SMILES string of the molecule is CCCCCCCCC(NCC)c1ccnn1CCC. The van der Waals surface area contributed by atoms with Crippen molar-refractivity contribution >= 4 is 0 Å². The van der Waals surface area contributed by atoms with Crippen LogP contribution >= 0.6 is 0 Å². The van der Waals surface area contributed by atoms with E-state index in [1.807, 2.05) is 6.20 Å². The molecule has 3 heteroatoms. The first kappa shape index (κ1) is 17.2. The Kier molecular flexibility index (Phi) is 9.38. The van der Waals surface area contributed by atoms with Crippen LogP contribution in [0.1, 0.15) is 83.9 Å². The molecule has 0 aliphatic carbocycles. The van der Waals surface area contributed by atoms with Gasteiger partial charge in [-0.3, -0.25) is 4.68 Å². The highest BCUT2D eigenvalue weighted by molar-refractivity contribution is 5.07. The Morgan fingerprint density at radius 3 is 2.50 bits per heavy atom. The van der Waals surface area contributed by atoms with Gasteiger partial charge in [0.25, 0.3) is 0 Å². The fourth-order valence-corrected chi connectivity index (χ4v) is 2.77. The van der Waals surface area contributed by atoms with Crippen LogP contribution < -0.4 is 5.32 Å². The molecule has 0 saturated heterocycles. The van der Waals surface area contributed by atoms with Gasteiger partial charge in [-0.2, -0.15) is 5.10 Å². The molecule has 1 unspecified atom stereocenters. The molecule has 1 atom stereocenters. The van der Waals surface area contributed by atoms with Gasteiger partial charge in [0.1, 0.15) is 0 Å². The van der Waals surface area contributed by atoms with Crippen molar-refractivity contribution in [3.63, 3.8) is 0 Å². The summed E-state index contributed by atoms with van der Waals surface area (Å²) < 4.78 is 2.17. The average molecular weight is 279 g/mol. The zero-order valence-electron chi connectivity index (χ0n) is 13.7. The monoisotopic (exact) mass is 279 g/mol. The van der Waals surface area contributed by atoms with Gasteiger partial charge in [-0.25, -0.2) is 0 Å². The number of aromatic nitrogens is 2. The largest absolute Gasteiger partial charge is 0.309 e. The Morgan fingerprint density at radius 2 is 1.80 bits per heavy atom. The second-order valence-electron chi connectivity index (χ2n) is 5.65. The predicted octanol–water partition coefficient (Wildman–Crippen LogP) is 4.69. The van der Waals surface area contributed by atoms with Gasteiger partial charge >= 0.3 is 0 Å². The van der Waals surface area contributed by atoms with E-state index >= 15 is 0 Å². The molecule has 1 aromatic heterocycles. The molecule has 0 aromatic carbocycles. The maximum Gasteiger partial charge on any atom is 0.0553 e. The normalized spacial score (nSPS) is 12.8. The highest BCUT2D eigenvalue weighted by atomic mass is 15.3. The van der Waals surface area contributed by atoms with Crippen molar-refractivity contribution in [2.24, 2.45) is 0 Å². The molecule has 3 nitrogen and oxygen atoms in total. The maximum absolute atomic E-state index is 4.45. The van der Waals surface area contributed by atoms with Gasteiger partial charge < -0.3 is 5.32 Å². The minimum Gasteiger partial charge on any atom is -0.309 e. The number of aryl methyl sites for hydroxylation is 1. The van der Waals surface area contributed by atoms with Crippen molar-refractivity contribution in [2.45, 2.75) is 84.7 Å². The smallest absolute Gasteiger partial charge is 0.0553 e. The molecule has 1 aromatic rings. The van der Waals surface area contributed by atoms with E-state index in [2.05, 4.69) is 41.9 Å². The van der Waals surface area contributed by atoms with Gasteiger partial charge in [-0.15, -0.1) is 0 Å². The van der Waals surface area contributed by atoms with Gasteiger partial charge in [0.15, 0.2) is 0 Å². The molecule has 116 valence electrons. The van der Waals surface area contributed by atoms with Crippen LogP contribution in [0.5, 0.6) is 0 Å². The highest BCUT2D eigenvalue weighted by Crippen LogP contribution is 2.20. The molecule has 0 amide bonds. The van der Waals surface area contributed by atoms with Crippen LogP contribution in [0.2, 0.25) is 0 Å². The van der Waals surface area contributed by atoms with Crippen LogP contribution in [-0.2, 0) is 6.54 Å². The number of nitrogens with zero attached hydrogens (tertiary/aromatic N) is 2. The third kappa shape index (κ3) is 6.08. The van der Waals surface area contributed by atoms with Gasteiger partial charge in [0, 0.05) is 18.8 Å². The fraction of sp³-hybridized carbons (Fsp3) is 0.824. The second-order valence-corrected chi connectivity index (χ2v) is 5.65. The van der Waals surface area contributed by atoms with Crippen LogP contribution in [0.25, 0.3) is 0 Å². The minimum absolute atomic E-state index is 0.472. The number of unbranched alkanes of at least 4 members (excludes halogenated alkanes) is 5. The zero-order valence-corrected chi connectivity index (χ0v) is 13.7. The average Bonchev–Trinajstić information content (AvgIpc) is 2.90. The minimum atomic E-state index is 0.472. The van der Waals surface area contributed by atoms with Crippen LogP contribution in [0.3, 0.4) is 0 Å². The third-order valence-electron chi connectivity index (χ3n) is 3.84. The Hall–Kier alpha value is -0.830. The summed E-state index contributed by atoms with van der Waals surface area (Å²) in [5.41, 5.74) is 1.36. The van der Waals surface area contributed by atoms with E-state index in [4.69, 9.17) is 0 Å². The summed E-state index contributed by atoms with van der Waals surface area (Å²) in [6.07, 6.45) is 12.5. The predicted molar refractivity (Wildman–Crippen MR) is 86.9 cm³/mol. The van der Waals surface area contributed by atoms with E-state index in [9.17, 15) is 0 Å². The van der Waals surface area contributed by atoms with E-state index < -0.39 is 0 Å². The van der Waals surface area contributed by atoms with Crippen molar-refractivity contribution in [3.05, 3.63) is 18.0 Å². The molecule has 0 fully saturated rings. The molecular formula is C17H33N3. The van der Waals surface area contributed by atoms with Gasteiger partial charge in [0.05, 0.1) is 5.69 Å². The summed E-state index contributed by atoms with van der Waals surface area (Å²) in [7, 11) is 0. The first-order valence-electron chi connectivity index (χ1n) is 8.58. The van der Waals surface area contributed by atoms with Gasteiger partial charge in [-0.05, 0) is 25.5 Å². The standard InChI is InChI=1S/C17H33N3/c1-4-7-8-9-10-11-12-16(18-6-3)17-13-14-19-20(17)15-5-2/h13-14,16,18H,4-12,15H2,1-3H3. The molecule has 0 aliphatic rings. The van der Waals surface area contributed by atoms with Crippen LogP contribution in [0.15, 0.2) is 12.3 Å². The molecule has 0 bridgehead atoms. The summed E-state index contributed by atoms with van der Waals surface area (Å²) in [5, 5.41) is 8.08. The Morgan fingerprint density at radius 1 is 1.05 bits per heavy atom. The second kappa shape index (κ2) is 10.9. The lowest BCUT2D eigenvalue weighted by molar-refractivity contribution is 0.437. The zero-order chi connectivity index (χ0) is 14.6. The van der Waals surface area contributed by atoms with Gasteiger partial charge in [0.2, 0.25) is 0 Å². The van der Waals surface area contributed by atoms with E-state index in [-0.39, 0.29) is 0 Å². The van der Waals surface area contributed by atoms with Crippen molar-refractivity contribution in [1.82, 2.24) is 15.1 Å². The highest BCUT2D eigenvalue weighted by Gasteiger charge is 2.14. The molecule has 20 heavy (non-hydrogen) atoms. The summed E-state index contributed by atoms with van der Waals surface area (Å²) in [5.74, 6) is 0. The van der Waals surface area contributed by atoms with Gasteiger partial charge in [-0.1, -0.05) is 59.3 Å². The van der Waals surface area contributed by atoms with E-state index in [1.54, 1.807) is 0 Å². The lowest BCUT2D eigenvalue weighted by atomic mass is 10.0. The van der Waals surface area contributed by atoms with Crippen LogP contribution in [0, 0.1) is 0 Å². The molecule has 0 saturated carbocycles.